The Morgan fingerprint density at radius 3 is 2.44 bits per heavy atom. The fraction of sp³-hybridized carbons (Fsp3) is 0. The van der Waals surface area contributed by atoms with Crippen molar-refractivity contribution >= 4 is 39.1 Å². The molecule has 1 heterocycles. The van der Waals surface area contributed by atoms with E-state index in [2.05, 4.69) is 25.9 Å². The number of rotatable bonds is 0. The molecule has 1 aromatic rings. The predicted octanol–water partition coefficient (Wildman–Crippen LogP) is 2.55. The molecule has 0 amide bonds. The molecule has 1 aromatic heterocycles. The van der Waals surface area contributed by atoms with Crippen LogP contribution in [-0.4, -0.2) is 9.97 Å². The molecule has 1 rings (SSSR count). The van der Waals surface area contributed by atoms with E-state index < -0.39 is 0 Å². The normalized spacial score (nSPS) is 9.67. The molecule has 0 N–H and O–H groups in total. The van der Waals surface area contributed by atoms with Crippen LogP contribution < -0.4 is 0 Å². The van der Waals surface area contributed by atoms with Gasteiger partial charge >= 0.3 is 0 Å². The highest BCUT2D eigenvalue weighted by molar-refractivity contribution is 9.10. The number of hydrogen-bond acceptors (Lipinski definition) is 2. The molecule has 0 unspecified atom stereocenters. The van der Waals surface area contributed by atoms with Gasteiger partial charge in [0.25, 0.3) is 0 Å². The number of hydrogen-bond donors (Lipinski definition) is 0. The second kappa shape index (κ2) is 2.82. The Morgan fingerprint density at radius 2 is 2.00 bits per heavy atom. The summed E-state index contributed by atoms with van der Waals surface area (Å²) in [5, 5.41) is 0.436. The smallest absolute Gasteiger partial charge is 0.167 e. The fourth-order valence-electron chi connectivity index (χ4n) is 0.332. The molecule has 48 valence electrons. The summed E-state index contributed by atoms with van der Waals surface area (Å²) in [6.45, 7) is 0. The van der Waals surface area contributed by atoms with Crippen LogP contribution in [0.5, 0.6) is 0 Å². The zero-order valence-corrected chi connectivity index (χ0v) is 7.20. The molecule has 0 aliphatic rings. The molecule has 0 saturated heterocycles. The first kappa shape index (κ1) is 7.25. The summed E-state index contributed by atoms with van der Waals surface area (Å²) >= 11 is 14.0. The van der Waals surface area contributed by atoms with E-state index in [1.54, 1.807) is 0 Å². The second-order valence-electron chi connectivity index (χ2n) is 1.27. The van der Waals surface area contributed by atoms with E-state index in [1.807, 2.05) is 0 Å². The summed E-state index contributed by atoms with van der Waals surface area (Å²) < 4.78 is 0.580. The van der Waals surface area contributed by atoms with Gasteiger partial charge in [-0.3, -0.25) is 0 Å². The van der Waals surface area contributed by atoms with Crippen molar-refractivity contribution in [3.8, 4) is 0 Å². The third-order valence-corrected chi connectivity index (χ3v) is 1.68. The van der Waals surface area contributed by atoms with Crippen LogP contribution in [0.2, 0.25) is 10.3 Å². The molecule has 0 radical (unpaired) electrons. The molecule has 5 heteroatoms. The zero-order valence-electron chi connectivity index (χ0n) is 4.11. The lowest BCUT2D eigenvalue weighted by Crippen LogP contribution is -1.81. The van der Waals surface area contributed by atoms with Crippen molar-refractivity contribution in [2.24, 2.45) is 0 Å². The molecule has 0 spiro atoms. The highest BCUT2D eigenvalue weighted by Gasteiger charge is 1.98. The maximum Gasteiger partial charge on any atom is 0.167 e. The maximum atomic E-state index is 5.48. The largest absolute Gasteiger partial charge is 0.239 e. The molecule has 9 heavy (non-hydrogen) atoms. The van der Waals surface area contributed by atoms with Crippen LogP contribution >= 0.6 is 39.1 Å². The van der Waals surface area contributed by atoms with Crippen molar-refractivity contribution in [1.29, 1.82) is 0 Å². The van der Waals surface area contributed by atoms with Gasteiger partial charge in [0.15, 0.2) is 10.3 Å². The summed E-state index contributed by atoms with van der Waals surface area (Å²) in [6.07, 6.45) is 1.48. The fourth-order valence-corrected chi connectivity index (χ4v) is 0.945. The average Bonchev–Trinajstić information content (AvgIpc) is 1.80. The Bertz CT molecular complexity index is 228. The Morgan fingerprint density at radius 1 is 1.33 bits per heavy atom. The Labute approximate surface area is 70.3 Å². The molecular weight excluding hydrogens is 227 g/mol. The van der Waals surface area contributed by atoms with Gasteiger partial charge in [0.1, 0.15) is 4.60 Å². The molecule has 0 aliphatic carbocycles. The van der Waals surface area contributed by atoms with E-state index in [4.69, 9.17) is 23.2 Å². The van der Waals surface area contributed by atoms with Crippen molar-refractivity contribution < 1.29 is 0 Å². The Kier molecular flexibility index (Phi) is 2.27. The minimum Gasteiger partial charge on any atom is -0.239 e. The van der Waals surface area contributed by atoms with Crippen LogP contribution in [0.1, 0.15) is 0 Å². The molecular formula is C4HBrCl2N2. The molecule has 0 aromatic carbocycles. The van der Waals surface area contributed by atoms with Crippen LogP contribution in [0.25, 0.3) is 0 Å². The van der Waals surface area contributed by atoms with Gasteiger partial charge in [-0.2, -0.15) is 0 Å². The lowest BCUT2D eigenvalue weighted by molar-refractivity contribution is 1.17. The van der Waals surface area contributed by atoms with Gasteiger partial charge in [-0.25, -0.2) is 9.97 Å². The van der Waals surface area contributed by atoms with Crippen molar-refractivity contribution in [3.05, 3.63) is 21.1 Å². The quantitative estimate of drug-likeness (QED) is 0.681. The summed E-state index contributed by atoms with van der Waals surface area (Å²) in [5.41, 5.74) is 0. The Hall–Kier alpha value is 0.140. The minimum atomic E-state index is 0.214. The van der Waals surface area contributed by atoms with E-state index >= 15 is 0 Å². The summed E-state index contributed by atoms with van der Waals surface area (Å²) in [5.74, 6) is 0. The maximum absolute atomic E-state index is 5.48. The van der Waals surface area contributed by atoms with Crippen LogP contribution in [0.15, 0.2) is 10.8 Å². The molecule has 0 aliphatic heterocycles. The van der Waals surface area contributed by atoms with Gasteiger partial charge in [-0.05, 0) is 15.9 Å². The van der Waals surface area contributed by atoms with Crippen LogP contribution in [0, 0.1) is 0 Å². The number of aromatic nitrogens is 2. The monoisotopic (exact) mass is 226 g/mol. The summed E-state index contributed by atoms with van der Waals surface area (Å²) in [4.78, 5) is 7.46. The third-order valence-electron chi connectivity index (χ3n) is 0.660. The van der Waals surface area contributed by atoms with E-state index in [9.17, 15) is 0 Å². The van der Waals surface area contributed by atoms with E-state index in [0.29, 0.717) is 4.60 Å². The lowest BCUT2D eigenvalue weighted by Gasteiger charge is -1.91. The first-order chi connectivity index (χ1) is 4.20. The first-order valence-corrected chi connectivity index (χ1v) is 3.58. The Balaban J connectivity index is 3.17. The van der Waals surface area contributed by atoms with Gasteiger partial charge < -0.3 is 0 Å². The molecule has 0 atom stereocenters. The van der Waals surface area contributed by atoms with E-state index in [0.717, 1.165) is 0 Å². The van der Waals surface area contributed by atoms with E-state index in [1.165, 1.54) is 6.20 Å². The van der Waals surface area contributed by atoms with Crippen molar-refractivity contribution in [3.63, 3.8) is 0 Å². The number of halogens is 3. The molecule has 0 bridgehead atoms. The van der Waals surface area contributed by atoms with E-state index in [-0.39, 0.29) is 10.3 Å². The van der Waals surface area contributed by atoms with Crippen molar-refractivity contribution in [2.45, 2.75) is 0 Å². The molecule has 0 fully saturated rings. The zero-order chi connectivity index (χ0) is 6.85. The second-order valence-corrected chi connectivity index (χ2v) is 2.80. The van der Waals surface area contributed by atoms with Gasteiger partial charge in [0.05, 0.1) is 6.20 Å². The molecule has 2 nitrogen and oxygen atoms in total. The van der Waals surface area contributed by atoms with Gasteiger partial charge in [-0.15, -0.1) is 0 Å². The van der Waals surface area contributed by atoms with Crippen molar-refractivity contribution in [2.75, 3.05) is 0 Å². The minimum absolute atomic E-state index is 0.214. The third kappa shape index (κ3) is 1.78. The summed E-state index contributed by atoms with van der Waals surface area (Å²) in [6, 6.07) is 0. The topological polar surface area (TPSA) is 25.8 Å². The SMILES string of the molecule is Clc1ncc(Br)nc1Cl. The standard InChI is InChI=1S/C4HBrCl2N2/c5-2-1-8-3(6)4(7)9-2/h1H. The first-order valence-electron chi connectivity index (χ1n) is 2.03. The average molecular weight is 228 g/mol. The van der Waals surface area contributed by atoms with Gasteiger partial charge in [0, 0.05) is 0 Å². The lowest BCUT2D eigenvalue weighted by atomic mass is 10.8. The predicted molar refractivity (Wildman–Crippen MR) is 39.8 cm³/mol. The van der Waals surface area contributed by atoms with Gasteiger partial charge in [0.2, 0.25) is 0 Å². The van der Waals surface area contributed by atoms with Crippen molar-refractivity contribution in [1.82, 2.24) is 9.97 Å². The van der Waals surface area contributed by atoms with Crippen LogP contribution in [0.3, 0.4) is 0 Å². The molecule has 0 saturated carbocycles. The highest BCUT2D eigenvalue weighted by atomic mass is 79.9. The summed E-state index contributed by atoms with van der Waals surface area (Å²) in [7, 11) is 0. The van der Waals surface area contributed by atoms with Crippen LogP contribution in [-0.2, 0) is 0 Å². The highest BCUT2D eigenvalue weighted by Crippen LogP contribution is 2.17. The van der Waals surface area contributed by atoms with Gasteiger partial charge in [-0.1, -0.05) is 23.2 Å². The number of nitrogens with zero attached hydrogens (tertiary/aromatic N) is 2. The van der Waals surface area contributed by atoms with Crippen LogP contribution in [0.4, 0.5) is 0 Å².